The van der Waals surface area contributed by atoms with E-state index in [-0.39, 0.29) is 18.6 Å². The van der Waals surface area contributed by atoms with Crippen LogP contribution in [-0.2, 0) is 17.6 Å². The molecule has 168 valence electrons. The molecule has 2 aromatic rings. The summed E-state index contributed by atoms with van der Waals surface area (Å²) >= 11 is 5.01. The lowest BCUT2D eigenvalue weighted by molar-refractivity contribution is 0.248. The summed E-state index contributed by atoms with van der Waals surface area (Å²) in [6.45, 7) is 9.51. The highest BCUT2D eigenvalue weighted by Crippen LogP contribution is 2.33. The molecular formula is C22H30ClN5O2S. The number of anilines is 3. The van der Waals surface area contributed by atoms with Crippen LogP contribution in [0.3, 0.4) is 0 Å². The average molecular weight is 464 g/mol. The van der Waals surface area contributed by atoms with Gasteiger partial charge in [0.15, 0.2) is 5.82 Å². The Morgan fingerprint density at radius 2 is 1.90 bits per heavy atom. The van der Waals surface area contributed by atoms with E-state index in [0.29, 0.717) is 28.8 Å². The second-order valence-corrected chi connectivity index (χ2v) is 10.5. The van der Waals surface area contributed by atoms with Crippen LogP contribution in [0.2, 0.25) is 5.02 Å². The van der Waals surface area contributed by atoms with E-state index in [4.69, 9.17) is 21.6 Å². The van der Waals surface area contributed by atoms with Gasteiger partial charge in [-0.25, -0.2) is 4.98 Å². The van der Waals surface area contributed by atoms with Gasteiger partial charge in [-0.1, -0.05) is 25.4 Å². The number of benzene rings is 1. The molecule has 2 unspecified atom stereocenters. The molecule has 0 radical (unpaired) electrons. The number of aliphatic hydroxyl groups is 1. The number of piperazine rings is 1. The van der Waals surface area contributed by atoms with Crippen molar-refractivity contribution in [2.75, 3.05) is 53.7 Å². The standard InChI is InChI=1S/C22H30ClN5O2S/c1-14(2)18(13-29)24-21-20-17(6-11-31(20)30)25-22(26-21)28-9-7-27(8-10-28)19-5-4-16(23)12-15(19)3/h4-5,12,14,18,29H,6-11,13H2,1-3H3,(H,24,25,26). The van der Waals surface area contributed by atoms with Gasteiger partial charge >= 0.3 is 0 Å². The third kappa shape index (κ3) is 4.72. The molecule has 2 aliphatic rings. The zero-order valence-corrected chi connectivity index (χ0v) is 19.8. The summed E-state index contributed by atoms with van der Waals surface area (Å²) in [6.07, 6.45) is 0.696. The Hall–Kier alpha value is -1.74. The van der Waals surface area contributed by atoms with Crippen molar-refractivity contribution < 1.29 is 9.66 Å². The van der Waals surface area contributed by atoms with E-state index >= 15 is 0 Å². The number of halogens is 1. The molecule has 1 saturated heterocycles. The number of aliphatic hydroxyl groups excluding tert-OH is 1. The minimum atomic E-state index is -1.10. The fourth-order valence-corrected chi connectivity index (χ4v) is 5.68. The number of nitrogens with zero attached hydrogens (tertiary/aromatic N) is 4. The van der Waals surface area contributed by atoms with Crippen molar-refractivity contribution >= 4 is 40.2 Å². The van der Waals surface area contributed by atoms with Crippen LogP contribution < -0.4 is 15.1 Å². The van der Waals surface area contributed by atoms with Crippen molar-refractivity contribution in [3.8, 4) is 0 Å². The summed E-state index contributed by atoms with van der Waals surface area (Å²) in [4.78, 5) is 14.8. The highest BCUT2D eigenvalue weighted by molar-refractivity contribution is 7.91. The van der Waals surface area contributed by atoms with E-state index < -0.39 is 11.2 Å². The summed E-state index contributed by atoms with van der Waals surface area (Å²) in [7, 11) is 0. The lowest BCUT2D eigenvalue weighted by atomic mass is 10.1. The van der Waals surface area contributed by atoms with Gasteiger partial charge in [-0.3, -0.25) is 0 Å². The fraction of sp³-hybridized carbons (Fsp3) is 0.545. The van der Waals surface area contributed by atoms with Crippen LogP contribution in [0.4, 0.5) is 17.5 Å². The van der Waals surface area contributed by atoms with Crippen LogP contribution in [0.25, 0.3) is 0 Å². The molecule has 1 aromatic carbocycles. The Bertz CT molecular complexity index is 936. The Morgan fingerprint density at radius 3 is 2.55 bits per heavy atom. The zero-order chi connectivity index (χ0) is 22.1. The minimum Gasteiger partial charge on any atom is -0.611 e. The number of fused-ring (bicyclic) bond motifs is 1. The van der Waals surface area contributed by atoms with E-state index in [2.05, 4.69) is 28.1 Å². The molecule has 2 N–H and O–H groups in total. The Balaban J connectivity index is 1.54. The quantitative estimate of drug-likeness (QED) is 0.637. The predicted octanol–water partition coefficient (Wildman–Crippen LogP) is 2.86. The Labute approximate surface area is 192 Å². The van der Waals surface area contributed by atoms with Gasteiger partial charge in [0.1, 0.15) is 11.4 Å². The van der Waals surface area contributed by atoms with Crippen molar-refractivity contribution in [1.29, 1.82) is 0 Å². The molecule has 2 aliphatic heterocycles. The van der Waals surface area contributed by atoms with Crippen LogP contribution in [0.5, 0.6) is 0 Å². The smallest absolute Gasteiger partial charge is 0.228 e. The minimum absolute atomic E-state index is 0.00245. The molecule has 0 amide bonds. The Kier molecular flexibility index (Phi) is 6.81. The predicted molar refractivity (Wildman–Crippen MR) is 127 cm³/mol. The van der Waals surface area contributed by atoms with Gasteiger partial charge in [0, 0.05) is 43.3 Å². The normalized spacial score (nSPS) is 19.6. The molecule has 3 heterocycles. The van der Waals surface area contributed by atoms with Gasteiger partial charge in [-0.2, -0.15) is 4.98 Å². The molecule has 0 bridgehead atoms. The largest absolute Gasteiger partial charge is 0.611 e. The number of nitrogens with one attached hydrogen (secondary N) is 1. The monoisotopic (exact) mass is 463 g/mol. The van der Waals surface area contributed by atoms with Crippen molar-refractivity contribution in [2.45, 2.75) is 38.1 Å². The van der Waals surface area contributed by atoms with Crippen molar-refractivity contribution in [2.24, 2.45) is 5.92 Å². The lowest BCUT2D eigenvalue weighted by Gasteiger charge is -2.37. The second-order valence-electron chi connectivity index (χ2n) is 8.53. The van der Waals surface area contributed by atoms with Crippen LogP contribution in [-0.4, -0.2) is 64.2 Å². The fourth-order valence-electron chi connectivity index (χ4n) is 4.14. The lowest BCUT2D eigenvalue weighted by Crippen LogP contribution is -2.47. The number of rotatable bonds is 6. The number of hydrogen-bond acceptors (Lipinski definition) is 7. The summed E-state index contributed by atoms with van der Waals surface area (Å²) in [5, 5.41) is 13.9. The third-order valence-electron chi connectivity index (χ3n) is 6.06. The van der Waals surface area contributed by atoms with Crippen LogP contribution in [0.15, 0.2) is 23.1 Å². The molecule has 7 nitrogen and oxygen atoms in total. The summed E-state index contributed by atoms with van der Waals surface area (Å²) < 4.78 is 12.6. The first-order valence-electron chi connectivity index (χ1n) is 10.8. The molecule has 9 heteroatoms. The maximum atomic E-state index is 12.6. The van der Waals surface area contributed by atoms with Gasteiger partial charge in [0.2, 0.25) is 10.8 Å². The first kappa shape index (κ1) is 22.5. The third-order valence-corrected chi connectivity index (χ3v) is 7.76. The maximum Gasteiger partial charge on any atom is 0.228 e. The van der Waals surface area contributed by atoms with Gasteiger partial charge in [0.25, 0.3) is 0 Å². The first-order chi connectivity index (χ1) is 14.9. The molecule has 0 spiro atoms. The molecule has 1 fully saturated rings. The van der Waals surface area contributed by atoms with Gasteiger partial charge in [-0.05, 0) is 47.8 Å². The van der Waals surface area contributed by atoms with E-state index in [1.54, 1.807) is 0 Å². The number of aromatic nitrogens is 2. The number of hydrogen-bond donors (Lipinski definition) is 2. The summed E-state index contributed by atoms with van der Waals surface area (Å²) in [6, 6.07) is 5.87. The zero-order valence-electron chi connectivity index (χ0n) is 18.3. The van der Waals surface area contributed by atoms with E-state index in [1.807, 2.05) is 26.0 Å². The molecule has 0 saturated carbocycles. The van der Waals surface area contributed by atoms with E-state index in [1.165, 1.54) is 11.3 Å². The average Bonchev–Trinajstić information content (AvgIpc) is 3.13. The molecule has 4 rings (SSSR count). The maximum absolute atomic E-state index is 12.6. The first-order valence-corrected chi connectivity index (χ1v) is 12.5. The summed E-state index contributed by atoms with van der Waals surface area (Å²) in [5.41, 5.74) is 3.24. The SMILES string of the molecule is Cc1cc(Cl)ccc1N1CCN(c2nc3c(c(NC(CO)C(C)C)n2)[S+]([O-])CC3)CC1. The van der Waals surface area contributed by atoms with Gasteiger partial charge < -0.3 is 24.8 Å². The molecule has 0 aliphatic carbocycles. The van der Waals surface area contributed by atoms with E-state index in [9.17, 15) is 9.66 Å². The van der Waals surface area contributed by atoms with Crippen molar-refractivity contribution in [3.63, 3.8) is 0 Å². The van der Waals surface area contributed by atoms with Crippen LogP contribution in [0, 0.1) is 12.8 Å². The highest BCUT2D eigenvalue weighted by atomic mass is 35.5. The van der Waals surface area contributed by atoms with Crippen LogP contribution >= 0.6 is 11.6 Å². The van der Waals surface area contributed by atoms with Crippen molar-refractivity contribution in [1.82, 2.24) is 9.97 Å². The van der Waals surface area contributed by atoms with E-state index in [0.717, 1.165) is 36.9 Å². The van der Waals surface area contributed by atoms with Crippen LogP contribution in [0.1, 0.15) is 25.1 Å². The highest BCUT2D eigenvalue weighted by Gasteiger charge is 2.34. The molecule has 31 heavy (non-hydrogen) atoms. The summed E-state index contributed by atoms with van der Waals surface area (Å²) in [5.74, 6) is 2.09. The Morgan fingerprint density at radius 1 is 1.19 bits per heavy atom. The molecular weight excluding hydrogens is 434 g/mol. The molecule has 2 atom stereocenters. The molecule has 1 aromatic heterocycles. The van der Waals surface area contributed by atoms with Gasteiger partial charge in [-0.15, -0.1) is 0 Å². The number of aryl methyl sites for hydroxylation is 2. The second kappa shape index (κ2) is 9.40. The topological polar surface area (TPSA) is 87.6 Å². The van der Waals surface area contributed by atoms with Crippen molar-refractivity contribution in [3.05, 3.63) is 34.5 Å². The van der Waals surface area contributed by atoms with Gasteiger partial charge in [0.05, 0.1) is 12.6 Å².